The van der Waals surface area contributed by atoms with Gasteiger partial charge in [0.2, 0.25) is 0 Å². The van der Waals surface area contributed by atoms with Gasteiger partial charge in [-0.05, 0) is 73.8 Å². The maximum atomic E-state index is 7.11. The molecule has 0 N–H and O–H groups in total. The van der Waals surface area contributed by atoms with E-state index in [2.05, 4.69) is 71.7 Å². The third-order valence-corrected chi connectivity index (χ3v) is 10.0. The highest BCUT2D eigenvalue weighted by atomic mass is 35.5. The quantitative estimate of drug-likeness (QED) is 0.166. The topological polar surface area (TPSA) is 12.9 Å². The summed E-state index contributed by atoms with van der Waals surface area (Å²) in [4.78, 5) is 4.12. The molecule has 0 radical (unpaired) electrons. The van der Waals surface area contributed by atoms with E-state index >= 15 is 0 Å². The molecule has 0 bridgehead atoms. The standard InChI is InChI=1S/C36H18Cl7N/c37-20-14-29(40)34(30(41)15-20)36(35-31(42)16-44-17-32(35)43)33-27(38)12-19(13-28(33)39)18-9-10-25-23-7-2-1-5-21(23)22-6-3-4-8-24(22)26(25)11-18/h1-17,36H. The van der Waals surface area contributed by atoms with Crippen LogP contribution in [-0.2, 0) is 0 Å². The molecule has 216 valence electrons. The summed E-state index contributed by atoms with van der Waals surface area (Å²) in [6, 6.07) is 30.4. The number of rotatable bonds is 4. The first-order valence-corrected chi connectivity index (χ1v) is 16.1. The van der Waals surface area contributed by atoms with E-state index in [9.17, 15) is 0 Å². The molecule has 7 aromatic rings. The molecule has 1 aromatic heterocycles. The Morgan fingerprint density at radius 2 is 0.795 bits per heavy atom. The monoisotopic (exact) mass is 709 g/mol. The molecule has 7 rings (SSSR count). The van der Waals surface area contributed by atoms with Crippen LogP contribution in [0.2, 0.25) is 35.2 Å². The Morgan fingerprint density at radius 3 is 1.30 bits per heavy atom. The Bertz CT molecular complexity index is 2180. The summed E-state index contributed by atoms with van der Waals surface area (Å²) in [7, 11) is 0. The minimum absolute atomic E-state index is 0.314. The summed E-state index contributed by atoms with van der Waals surface area (Å²) in [6.07, 6.45) is 3.01. The summed E-state index contributed by atoms with van der Waals surface area (Å²) in [6.45, 7) is 0. The third-order valence-electron chi connectivity index (χ3n) is 7.96. The molecule has 0 fully saturated rings. The van der Waals surface area contributed by atoms with E-state index in [0.717, 1.165) is 16.5 Å². The molecule has 44 heavy (non-hydrogen) atoms. The smallest absolute Gasteiger partial charge is 0.0645 e. The predicted molar refractivity (Wildman–Crippen MR) is 191 cm³/mol. The zero-order chi connectivity index (χ0) is 30.7. The first kappa shape index (κ1) is 30.0. The van der Waals surface area contributed by atoms with Crippen molar-refractivity contribution >= 4 is 114 Å². The predicted octanol–water partition coefficient (Wildman–Crippen LogP) is 14.0. The van der Waals surface area contributed by atoms with Crippen LogP contribution < -0.4 is 0 Å². The molecule has 0 amide bonds. The molecule has 1 unspecified atom stereocenters. The highest BCUT2D eigenvalue weighted by Crippen LogP contribution is 2.50. The van der Waals surface area contributed by atoms with Gasteiger partial charge in [-0.2, -0.15) is 0 Å². The fourth-order valence-corrected chi connectivity index (χ4v) is 8.40. The second-order valence-electron chi connectivity index (χ2n) is 10.4. The lowest BCUT2D eigenvalue weighted by atomic mass is 9.84. The molecule has 0 aliphatic rings. The Balaban J connectivity index is 1.45. The maximum Gasteiger partial charge on any atom is 0.0645 e. The van der Waals surface area contributed by atoms with Crippen molar-refractivity contribution in [2.45, 2.75) is 5.92 Å². The van der Waals surface area contributed by atoms with Crippen LogP contribution in [-0.4, -0.2) is 4.98 Å². The Labute approximate surface area is 288 Å². The highest BCUT2D eigenvalue weighted by molar-refractivity contribution is 6.41. The van der Waals surface area contributed by atoms with Gasteiger partial charge in [0, 0.05) is 60.1 Å². The van der Waals surface area contributed by atoms with Gasteiger partial charge in [0.1, 0.15) is 0 Å². The molecule has 0 spiro atoms. The van der Waals surface area contributed by atoms with E-state index in [1.54, 1.807) is 12.1 Å². The van der Waals surface area contributed by atoms with Gasteiger partial charge < -0.3 is 0 Å². The Morgan fingerprint density at radius 1 is 0.386 bits per heavy atom. The van der Waals surface area contributed by atoms with Crippen molar-refractivity contribution in [3.63, 3.8) is 0 Å². The van der Waals surface area contributed by atoms with Crippen molar-refractivity contribution in [3.8, 4) is 11.1 Å². The van der Waals surface area contributed by atoms with E-state index in [1.165, 1.54) is 39.3 Å². The number of pyridine rings is 1. The number of hydrogen-bond donors (Lipinski definition) is 0. The minimum atomic E-state index is -0.712. The van der Waals surface area contributed by atoms with Crippen LogP contribution in [0.5, 0.6) is 0 Å². The third kappa shape index (κ3) is 5.10. The molecule has 1 nitrogen and oxygen atoms in total. The van der Waals surface area contributed by atoms with Crippen LogP contribution in [0, 0.1) is 0 Å². The van der Waals surface area contributed by atoms with Crippen molar-refractivity contribution in [2.24, 2.45) is 0 Å². The van der Waals surface area contributed by atoms with Gasteiger partial charge in [-0.25, -0.2) is 0 Å². The van der Waals surface area contributed by atoms with E-state index < -0.39 is 5.92 Å². The number of halogens is 7. The van der Waals surface area contributed by atoms with E-state index in [1.807, 2.05) is 12.1 Å². The largest absolute Gasteiger partial charge is 0.262 e. The molecule has 1 heterocycles. The molecular weight excluding hydrogens is 695 g/mol. The molecule has 0 saturated heterocycles. The summed E-state index contributed by atoms with van der Waals surface area (Å²) >= 11 is 47.4. The van der Waals surface area contributed by atoms with Gasteiger partial charge in [-0.15, -0.1) is 0 Å². The molecule has 0 aliphatic carbocycles. The summed E-state index contributed by atoms with van der Waals surface area (Å²) in [5.74, 6) is -0.712. The summed E-state index contributed by atoms with van der Waals surface area (Å²) in [5, 5.41) is 9.55. The second-order valence-corrected chi connectivity index (χ2v) is 13.3. The fourth-order valence-electron chi connectivity index (χ4n) is 6.07. The SMILES string of the molecule is Clc1cc(Cl)c(C(c2c(Cl)cncc2Cl)c2c(Cl)cc(-c3ccc4c5ccccc5c5ccccc5c4c3)cc2Cl)c(Cl)c1. The Kier molecular flexibility index (Phi) is 8.10. The van der Waals surface area contributed by atoms with Crippen molar-refractivity contribution in [1.29, 1.82) is 0 Å². The Hall–Kier alpha value is -2.72. The molecule has 0 aliphatic heterocycles. The molecular formula is C36H18Cl7N. The number of hydrogen-bond acceptors (Lipinski definition) is 1. The number of nitrogens with zero attached hydrogens (tertiary/aromatic N) is 1. The van der Waals surface area contributed by atoms with Crippen LogP contribution in [0.4, 0.5) is 0 Å². The average Bonchev–Trinajstić information content (AvgIpc) is 3.00. The normalized spacial score (nSPS) is 12.3. The number of fused-ring (bicyclic) bond motifs is 6. The van der Waals surface area contributed by atoms with E-state index in [0.29, 0.717) is 51.8 Å². The molecule has 6 aromatic carbocycles. The summed E-state index contributed by atoms with van der Waals surface area (Å²) < 4.78 is 0. The van der Waals surface area contributed by atoms with Crippen molar-refractivity contribution in [3.05, 3.63) is 155 Å². The first-order chi connectivity index (χ1) is 21.2. The van der Waals surface area contributed by atoms with E-state index in [-0.39, 0.29) is 0 Å². The van der Waals surface area contributed by atoms with Gasteiger partial charge >= 0.3 is 0 Å². The number of aromatic nitrogens is 1. The fraction of sp³-hybridized carbons (Fsp3) is 0.0278. The van der Waals surface area contributed by atoms with Crippen molar-refractivity contribution in [1.82, 2.24) is 4.98 Å². The highest BCUT2D eigenvalue weighted by Gasteiger charge is 2.31. The molecule has 0 saturated carbocycles. The van der Waals surface area contributed by atoms with Crippen LogP contribution in [0.3, 0.4) is 0 Å². The zero-order valence-electron chi connectivity index (χ0n) is 22.5. The minimum Gasteiger partial charge on any atom is -0.262 e. The lowest BCUT2D eigenvalue weighted by Gasteiger charge is -2.25. The van der Waals surface area contributed by atoms with Crippen LogP contribution in [0.15, 0.2) is 103 Å². The van der Waals surface area contributed by atoms with Crippen LogP contribution in [0.25, 0.3) is 43.4 Å². The van der Waals surface area contributed by atoms with Crippen molar-refractivity contribution < 1.29 is 0 Å². The maximum absolute atomic E-state index is 7.11. The second kappa shape index (κ2) is 11.9. The van der Waals surface area contributed by atoms with E-state index in [4.69, 9.17) is 81.2 Å². The molecule has 1 atom stereocenters. The first-order valence-electron chi connectivity index (χ1n) is 13.5. The lowest BCUT2D eigenvalue weighted by molar-refractivity contribution is 0.972. The van der Waals surface area contributed by atoms with Gasteiger partial charge in [0.15, 0.2) is 0 Å². The van der Waals surface area contributed by atoms with Crippen LogP contribution in [0.1, 0.15) is 22.6 Å². The van der Waals surface area contributed by atoms with Gasteiger partial charge in [0.25, 0.3) is 0 Å². The zero-order valence-corrected chi connectivity index (χ0v) is 27.8. The summed E-state index contributed by atoms with van der Waals surface area (Å²) in [5.41, 5.74) is 3.41. The van der Waals surface area contributed by atoms with Gasteiger partial charge in [-0.3, -0.25) is 4.98 Å². The number of benzene rings is 6. The average molecular weight is 713 g/mol. The lowest BCUT2D eigenvalue weighted by Crippen LogP contribution is -2.09. The van der Waals surface area contributed by atoms with Crippen LogP contribution >= 0.6 is 81.2 Å². The molecule has 8 heteroatoms. The van der Waals surface area contributed by atoms with Gasteiger partial charge in [-0.1, -0.05) is 142 Å². The van der Waals surface area contributed by atoms with Crippen molar-refractivity contribution in [2.75, 3.05) is 0 Å². The van der Waals surface area contributed by atoms with Gasteiger partial charge in [0.05, 0.1) is 10.0 Å².